The zero-order valence-electron chi connectivity index (χ0n) is 72.8. The Bertz CT molecular complexity index is 5140. The van der Waals surface area contributed by atoms with E-state index in [-0.39, 0.29) is 56.7 Å². The van der Waals surface area contributed by atoms with Gasteiger partial charge in [0.2, 0.25) is 46.3 Å². The number of aliphatic hydroxyl groups excluding tert-OH is 1. The molecule has 35 nitrogen and oxygen atoms in total. The summed E-state index contributed by atoms with van der Waals surface area (Å²) in [6, 6.07) is 59.3. The first-order valence-corrected chi connectivity index (χ1v) is 40.0. The number of hydrazine groups is 1. The van der Waals surface area contributed by atoms with Gasteiger partial charge in [-0.15, -0.1) is 0 Å². The molecule has 0 aliphatic heterocycles. The van der Waals surface area contributed by atoms with Gasteiger partial charge in [-0.05, 0) is 124 Å². The zero-order valence-corrected chi connectivity index (χ0v) is 75.1. The predicted molar refractivity (Wildman–Crippen MR) is 479 cm³/mol. The monoisotopic (exact) mass is 1910 g/mol. The van der Waals surface area contributed by atoms with Crippen LogP contribution >= 0.6 is 27.5 Å². The number of non-ortho nitro benzene ring substituents is 1. The van der Waals surface area contributed by atoms with Crippen LogP contribution in [0.2, 0.25) is 5.02 Å². The van der Waals surface area contributed by atoms with Crippen molar-refractivity contribution in [2.24, 2.45) is 5.84 Å². The first kappa shape index (κ1) is 114. The number of nitro benzene ring substituents is 1. The lowest BCUT2D eigenvalue weighted by atomic mass is 10.1. The van der Waals surface area contributed by atoms with Crippen LogP contribution in [0.5, 0.6) is 5.75 Å². The van der Waals surface area contributed by atoms with Crippen molar-refractivity contribution >= 4 is 145 Å². The first-order valence-electron chi connectivity index (χ1n) is 38.9. The minimum absolute atomic E-state index is 0.0000844. The maximum absolute atomic E-state index is 13.0. The third-order valence-electron chi connectivity index (χ3n) is 16.1. The second-order valence-corrected chi connectivity index (χ2v) is 28.3. The van der Waals surface area contributed by atoms with E-state index < -0.39 is 116 Å². The Labute approximate surface area is 769 Å². The smallest absolute Gasteiger partial charge is 0.323 e. The molecule has 0 atom stereocenters. The molecule has 132 heavy (non-hydrogen) atoms. The van der Waals surface area contributed by atoms with Crippen LogP contribution in [0.4, 0.5) is 18.9 Å². The number of Topliss-reactive ketones (excluding diaryl/α,β-unsaturated/α-hetero) is 8. The van der Waals surface area contributed by atoms with Crippen LogP contribution in [0.1, 0.15) is 117 Å². The topological polar surface area (TPSA) is 543 Å². The number of hydrogen-bond donors (Lipinski definition) is 12. The van der Waals surface area contributed by atoms with E-state index in [1.807, 2.05) is 55.5 Å². The number of nitro groups is 1. The van der Waals surface area contributed by atoms with Crippen molar-refractivity contribution in [2.45, 2.75) is 128 Å². The molecule has 0 aromatic heterocycles. The molecule has 40 heteroatoms. The quantitative estimate of drug-likeness (QED) is 0.00517. The van der Waals surface area contributed by atoms with Crippen LogP contribution in [0.25, 0.3) is 0 Å². The fourth-order valence-corrected chi connectivity index (χ4v) is 9.21. The number of carbonyl (C=O) groups is 19. The fraction of sp³-hybridized carbons (Fsp3) is 0.207. The van der Waals surface area contributed by atoms with Crippen molar-refractivity contribution in [2.75, 3.05) is 0 Å². The number of aryl methyl sites for hydroxylation is 1. The molecule has 9 aromatic carbocycles. The molecule has 0 saturated heterocycles. The molecule has 10 amide bonds. The van der Waals surface area contributed by atoms with Crippen molar-refractivity contribution in [3.05, 3.63) is 317 Å². The molecule has 0 spiro atoms. The fourth-order valence-electron chi connectivity index (χ4n) is 8.82. The SMILES string of the molecule is CC(=O)C(=O)NCc1ccc(Br)cc1.CC(=O)C(=O)NCc1ccc(C)cc1.CC(=O)C(=O)NCc1ccc(CO)cc1.CC(=O)C(=O)NCc1ccc(Cl)cc1.CC(=O)C(=O)NCc1ccc(F)cc1.CC(=O)C(=O)NCc1ccc(OC=O)cc1.CC(=O)C(=O)NCc1ccc([N+](=O)[O-])cc1.CC(=O)C(=O)NCc1cccc(F)c1.NNC(=O)C(=O)NCc1ccccc1F. The number of ketones is 8. The summed E-state index contributed by atoms with van der Waals surface area (Å²) in [5, 5.41) is 41.7. The summed E-state index contributed by atoms with van der Waals surface area (Å²) in [4.78, 5) is 213. The van der Waals surface area contributed by atoms with E-state index in [0.29, 0.717) is 60.1 Å². The summed E-state index contributed by atoms with van der Waals surface area (Å²) < 4.78 is 43.8. The van der Waals surface area contributed by atoms with Gasteiger partial charge in [0.05, 0.1) is 11.5 Å². The van der Waals surface area contributed by atoms with Gasteiger partial charge in [0, 0.05) is 141 Å². The molecule has 9 aromatic rings. The van der Waals surface area contributed by atoms with Crippen LogP contribution in [0.3, 0.4) is 0 Å². The molecular formula is C92H97BrClF3N12O23. The van der Waals surface area contributed by atoms with Gasteiger partial charge in [0.25, 0.3) is 59.4 Å². The number of carbonyl (C=O) groups excluding carboxylic acids is 19. The molecule has 9 rings (SSSR count). The number of nitrogens with one attached hydrogen (secondary N) is 10. The second kappa shape index (κ2) is 64.2. The third-order valence-corrected chi connectivity index (χ3v) is 16.9. The second-order valence-electron chi connectivity index (χ2n) is 26.9. The molecule has 0 bridgehead atoms. The molecule has 698 valence electrons. The van der Waals surface area contributed by atoms with Gasteiger partial charge in [-0.3, -0.25) is 107 Å². The molecule has 0 radical (unpaired) electrons. The maximum Gasteiger partial charge on any atom is 0.323 e. The average molecular weight is 1910 g/mol. The minimum Gasteiger partial charge on any atom is -0.429 e. The van der Waals surface area contributed by atoms with Gasteiger partial charge in [-0.2, -0.15) is 0 Å². The first-order chi connectivity index (χ1) is 62.4. The van der Waals surface area contributed by atoms with E-state index in [9.17, 15) is 114 Å². The van der Waals surface area contributed by atoms with Gasteiger partial charge < -0.3 is 57.7 Å². The van der Waals surface area contributed by atoms with Gasteiger partial charge >= 0.3 is 11.8 Å². The number of aliphatic hydroxyl groups is 1. The summed E-state index contributed by atoms with van der Waals surface area (Å²) in [5.74, 6) is -6.74. The van der Waals surface area contributed by atoms with Gasteiger partial charge in [-0.25, -0.2) is 19.0 Å². The Morgan fingerprint density at radius 1 is 0.364 bits per heavy atom. The third kappa shape index (κ3) is 52.5. The molecule has 0 unspecified atom stereocenters. The number of nitrogens with zero attached hydrogens (tertiary/aromatic N) is 1. The molecule has 0 fully saturated rings. The minimum atomic E-state index is -0.966. The number of benzene rings is 9. The van der Waals surface area contributed by atoms with E-state index in [1.54, 1.807) is 109 Å². The molecule has 0 heterocycles. The highest BCUT2D eigenvalue weighted by atomic mass is 79.9. The highest BCUT2D eigenvalue weighted by Crippen LogP contribution is 2.16. The van der Waals surface area contributed by atoms with Crippen molar-refractivity contribution in [3.63, 3.8) is 0 Å². The van der Waals surface area contributed by atoms with E-state index in [4.69, 9.17) is 22.6 Å². The highest BCUT2D eigenvalue weighted by molar-refractivity contribution is 9.10. The lowest BCUT2D eigenvalue weighted by Crippen LogP contribution is -2.42. The Hall–Kier alpha value is -15.6. The van der Waals surface area contributed by atoms with Crippen molar-refractivity contribution in [3.8, 4) is 5.75 Å². The zero-order chi connectivity index (χ0) is 99.4. The summed E-state index contributed by atoms with van der Waals surface area (Å²) >= 11 is 8.99. The van der Waals surface area contributed by atoms with Gasteiger partial charge in [0.15, 0.2) is 0 Å². The lowest BCUT2D eigenvalue weighted by Gasteiger charge is -2.04. The standard InChI is InChI=1S/C11H11NO4.C11H13NO3.C11H13NO2.C10H10BrNO2.C10H10ClNO2.2C10H10FNO2.C10H10N2O4.C9H10FN3O2/c1-8(14)11(15)12-6-9-2-4-10(5-3-9)16-7-13;1-8(14)11(15)12-6-9-2-4-10(7-13)5-3-9;1-8-3-5-10(6-4-8)7-12-11(14)9(2)13;3*1-7(13)10(14)12-6-8-2-4-9(11)5-3-8;1-7(13)10(14)12-6-8-3-2-4-9(11)5-8;1-7(13)10(14)11-6-8-2-4-9(5-3-8)12(15)16;10-7-4-2-1-3-6(7)5-12-8(14)9(15)13-11/h2-5,7H,6H2,1H3,(H,12,15);2-5,13H,6-7H2,1H3,(H,12,15);3-6H,7H2,1-2H3,(H,12,14);4*2-5H,6H2,1H3,(H,12,14);2-5H,6H2,1H3,(H,11,14);1-4H,5,11H2,(H,12,14)(H,13,15). The van der Waals surface area contributed by atoms with E-state index in [2.05, 4.69) is 68.5 Å². The predicted octanol–water partition coefficient (Wildman–Crippen LogP) is 7.50. The Morgan fingerprint density at radius 2 is 0.652 bits per heavy atom. The van der Waals surface area contributed by atoms with Crippen LogP contribution < -0.4 is 63.9 Å². The van der Waals surface area contributed by atoms with Gasteiger partial charge in [-0.1, -0.05) is 173 Å². The number of rotatable bonds is 30. The van der Waals surface area contributed by atoms with Crippen molar-refractivity contribution in [1.82, 2.24) is 53.3 Å². The molecule has 0 aliphatic carbocycles. The van der Waals surface area contributed by atoms with Crippen LogP contribution in [0, 0.1) is 34.5 Å². The number of hydrogen-bond acceptors (Lipinski definition) is 24. The largest absolute Gasteiger partial charge is 0.429 e. The number of halogens is 5. The van der Waals surface area contributed by atoms with Crippen LogP contribution in [-0.4, -0.2) is 122 Å². The molecular weight excluding hydrogens is 1810 g/mol. The molecule has 0 saturated carbocycles. The van der Waals surface area contributed by atoms with Crippen LogP contribution in [0.15, 0.2) is 223 Å². The van der Waals surface area contributed by atoms with Crippen LogP contribution in [-0.2, 0) is 157 Å². The molecule has 13 N–H and O–H groups in total. The molecule has 0 aliphatic rings. The van der Waals surface area contributed by atoms with E-state index >= 15 is 0 Å². The van der Waals surface area contributed by atoms with Crippen molar-refractivity contribution in [1.29, 1.82) is 0 Å². The summed E-state index contributed by atoms with van der Waals surface area (Å²) in [6.45, 7) is 14.3. The summed E-state index contributed by atoms with van der Waals surface area (Å²) in [7, 11) is 0. The number of ether oxygens (including phenoxy) is 1. The number of nitrogens with two attached hydrogens (primary N) is 1. The Balaban J connectivity index is 0.000000743. The summed E-state index contributed by atoms with van der Waals surface area (Å²) in [5.41, 5.74) is 10.6. The Kier molecular flexibility index (Phi) is 55.6. The van der Waals surface area contributed by atoms with E-state index in [1.165, 1.54) is 128 Å². The number of amides is 10. The van der Waals surface area contributed by atoms with Crippen molar-refractivity contribution < 1.29 is 119 Å². The normalized spacial score (nSPS) is 9.55. The highest BCUT2D eigenvalue weighted by Gasteiger charge is 2.16. The lowest BCUT2D eigenvalue weighted by molar-refractivity contribution is -0.384. The van der Waals surface area contributed by atoms with E-state index in [0.717, 1.165) is 43.4 Å². The Morgan fingerprint density at radius 3 is 0.962 bits per heavy atom. The maximum atomic E-state index is 13.0. The summed E-state index contributed by atoms with van der Waals surface area (Å²) in [6.07, 6.45) is 0. The average Bonchev–Trinajstić information content (AvgIpc) is 0.891. The van der Waals surface area contributed by atoms with Gasteiger partial charge in [0.1, 0.15) is 23.2 Å².